The minimum absolute atomic E-state index is 0.0206. The number of hydrogen-bond donors (Lipinski definition) is 0. The Kier molecular flexibility index (Phi) is 4.92. The van der Waals surface area contributed by atoms with Crippen LogP contribution in [0.2, 0.25) is 0 Å². The van der Waals surface area contributed by atoms with Crippen LogP contribution in [-0.4, -0.2) is 42.6 Å². The Morgan fingerprint density at radius 3 is 2.57 bits per heavy atom. The average molecular weight is 323 g/mol. The first-order valence-corrected chi connectivity index (χ1v) is 7.55. The quantitative estimate of drug-likeness (QED) is 0.839. The van der Waals surface area contributed by atoms with E-state index in [1.165, 1.54) is 24.1 Å². The molecule has 0 unspecified atom stereocenters. The number of benzene rings is 1. The maximum Gasteiger partial charge on any atom is 0.410 e. The smallest absolute Gasteiger partial charge is 0.410 e. The number of hydrogen-bond acceptors (Lipinski definition) is 4. The molecule has 1 aromatic rings. The molecule has 1 aliphatic rings. The van der Waals surface area contributed by atoms with Gasteiger partial charge in [-0.25, -0.2) is 9.18 Å². The van der Waals surface area contributed by atoms with Crippen molar-refractivity contribution in [3.63, 3.8) is 0 Å². The zero-order valence-corrected chi connectivity index (χ0v) is 13.9. The standard InChI is InChI=1S/C17H22FNO4/c1-17(2,3)23-16(21)19-8-7-12(14(20)10-19)11-5-6-15(22-4)13(18)9-11/h5-6,9,12H,7-8,10H2,1-4H3/t12-/m0/s1. The molecule has 1 amide bonds. The molecule has 1 aromatic carbocycles. The van der Waals surface area contributed by atoms with Crippen LogP contribution in [0.5, 0.6) is 5.75 Å². The van der Waals surface area contributed by atoms with Gasteiger partial charge < -0.3 is 14.4 Å². The SMILES string of the molecule is COc1ccc([C@@H]2CCN(C(=O)OC(C)(C)C)CC2=O)cc1F. The molecule has 1 saturated heterocycles. The van der Waals surface area contributed by atoms with Crippen LogP contribution in [0, 0.1) is 5.82 Å². The number of piperidine rings is 1. The highest BCUT2D eigenvalue weighted by atomic mass is 19.1. The highest BCUT2D eigenvalue weighted by molar-refractivity contribution is 5.90. The Hall–Kier alpha value is -2.11. The van der Waals surface area contributed by atoms with Crippen LogP contribution in [0.1, 0.15) is 38.7 Å². The van der Waals surface area contributed by atoms with Crippen molar-refractivity contribution < 1.29 is 23.5 Å². The van der Waals surface area contributed by atoms with Gasteiger partial charge in [0, 0.05) is 12.5 Å². The van der Waals surface area contributed by atoms with Gasteiger partial charge in [-0.2, -0.15) is 0 Å². The van der Waals surface area contributed by atoms with E-state index in [9.17, 15) is 14.0 Å². The first-order valence-electron chi connectivity index (χ1n) is 7.55. The van der Waals surface area contributed by atoms with E-state index in [1.54, 1.807) is 26.8 Å². The minimum atomic E-state index is -0.601. The van der Waals surface area contributed by atoms with Gasteiger partial charge in [0.25, 0.3) is 0 Å². The maximum atomic E-state index is 13.8. The number of amides is 1. The van der Waals surface area contributed by atoms with Crippen molar-refractivity contribution in [1.29, 1.82) is 0 Å². The van der Waals surface area contributed by atoms with Gasteiger partial charge in [-0.15, -0.1) is 0 Å². The summed E-state index contributed by atoms with van der Waals surface area (Å²) >= 11 is 0. The van der Waals surface area contributed by atoms with E-state index in [1.807, 2.05) is 0 Å². The summed E-state index contributed by atoms with van der Waals surface area (Å²) in [6.45, 7) is 5.71. The third kappa shape index (κ3) is 4.21. The zero-order valence-electron chi connectivity index (χ0n) is 13.9. The molecule has 0 spiro atoms. The summed E-state index contributed by atoms with van der Waals surface area (Å²) in [4.78, 5) is 25.7. The van der Waals surface area contributed by atoms with Gasteiger partial charge in [0.1, 0.15) is 5.60 Å². The molecule has 0 aromatic heterocycles. The van der Waals surface area contributed by atoms with E-state index < -0.39 is 23.4 Å². The lowest BCUT2D eigenvalue weighted by Crippen LogP contribution is -2.45. The molecule has 23 heavy (non-hydrogen) atoms. The van der Waals surface area contributed by atoms with Crippen LogP contribution in [0.25, 0.3) is 0 Å². The highest BCUT2D eigenvalue weighted by Crippen LogP contribution is 2.29. The van der Waals surface area contributed by atoms with Gasteiger partial charge in [0.2, 0.25) is 0 Å². The third-order valence-electron chi connectivity index (χ3n) is 3.65. The van der Waals surface area contributed by atoms with Gasteiger partial charge in [-0.1, -0.05) is 6.07 Å². The van der Waals surface area contributed by atoms with Crippen LogP contribution >= 0.6 is 0 Å². The maximum absolute atomic E-state index is 13.8. The number of ether oxygens (including phenoxy) is 2. The first-order chi connectivity index (χ1) is 10.7. The van der Waals surface area contributed by atoms with Gasteiger partial charge in [-0.3, -0.25) is 4.79 Å². The number of nitrogens with zero attached hydrogens (tertiary/aromatic N) is 1. The summed E-state index contributed by atoms with van der Waals surface area (Å²) in [6.07, 6.45) is -0.0469. The fourth-order valence-corrected chi connectivity index (χ4v) is 2.56. The Labute approximate surface area is 135 Å². The van der Waals surface area contributed by atoms with Crippen molar-refractivity contribution in [3.8, 4) is 5.75 Å². The van der Waals surface area contributed by atoms with E-state index in [0.29, 0.717) is 18.5 Å². The second kappa shape index (κ2) is 6.56. The fourth-order valence-electron chi connectivity index (χ4n) is 2.56. The summed E-state index contributed by atoms with van der Waals surface area (Å²) in [5.41, 5.74) is 0.00736. The summed E-state index contributed by atoms with van der Waals surface area (Å²) in [7, 11) is 1.39. The summed E-state index contributed by atoms with van der Waals surface area (Å²) < 4.78 is 24.0. The Balaban J connectivity index is 2.06. The van der Waals surface area contributed by atoms with Gasteiger partial charge in [0.15, 0.2) is 17.3 Å². The van der Waals surface area contributed by atoms with Crippen LogP contribution in [0.4, 0.5) is 9.18 Å². The molecular formula is C17H22FNO4. The van der Waals surface area contributed by atoms with Crippen molar-refractivity contribution in [3.05, 3.63) is 29.6 Å². The molecule has 0 bridgehead atoms. The lowest BCUT2D eigenvalue weighted by atomic mass is 9.88. The van der Waals surface area contributed by atoms with E-state index in [-0.39, 0.29) is 18.1 Å². The van der Waals surface area contributed by atoms with E-state index >= 15 is 0 Å². The van der Waals surface area contributed by atoms with Crippen LogP contribution in [0.15, 0.2) is 18.2 Å². The summed E-state index contributed by atoms with van der Waals surface area (Å²) in [5, 5.41) is 0. The van der Waals surface area contributed by atoms with Crippen molar-refractivity contribution in [2.24, 2.45) is 0 Å². The highest BCUT2D eigenvalue weighted by Gasteiger charge is 2.33. The molecule has 1 atom stereocenters. The van der Waals surface area contributed by atoms with Gasteiger partial charge >= 0.3 is 6.09 Å². The summed E-state index contributed by atoms with van der Waals surface area (Å²) in [6, 6.07) is 4.52. The van der Waals surface area contributed by atoms with Gasteiger partial charge in [0.05, 0.1) is 13.7 Å². The molecule has 0 saturated carbocycles. The Morgan fingerprint density at radius 1 is 1.35 bits per heavy atom. The lowest BCUT2D eigenvalue weighted by Gasteiger charge is -2.32. The number of methoxy groups -OCH3 is 1. The third-order valence-corrected chi connectivity index (χ3v) is 3.65. The Morgan fingerprint density at radius 2 is 2.04 bits per heavy atom. The number of carbonyl (C=O) groups is 2. The Bertz CT molecular complexity index is 609. The molecule has 6 heteroatoms. The molecule has 2 rings (SSSR count). The molecule has 5 nitrogen and oxygen atoms in total. The topological polar surface area (TPSA) is 55.8 Å². The molecule has 0 aliphatic carbocycles. The lowest BCUT2D eigenvalue weighted by molar-refractivity contribution is -0.123. The van der Waals surface area contributed by atoms with Crippen LogP contribution in [0.3, 0.4) is 0 Å². The van der Waals surface area contributed by atoms with Crippen molar-refractivity contribution in [2.45, 2.75) is 38.7 Å². The summed E-state index contributed by atoms with van der Waals surface area (Å²) in [5.74, 6) is -0.875. The molecule has 0 radical (unpaired) electrons. The first kappa shape index (κ1) is 17.2. The number of rotatable bonds is 2. The fraction of sp³-hybridized carbons (Fsp3) is 0.529. The van der Waals surface area contributed by atoms with Crippen molar-refractivity contribution in [1.82, 2.24) is 4.90 Å². The molecule has 0 N–H and O–H groups in total. The normalized spacial score (nSPS) is 18.7. The van der Waals surface area contributed by atoms with E-state index in [4.69, 9.17) is 9.47 Å². The second-order valence-electron chi connectivity index (χ2n) is 6.60. The molecule has 1 aliphatic heterocycles. The molecule has 126 valence electrons. The molecule has 1 fully saturated rings. The second-order valence-corrected chi connectivity index (χ2v) is 6.60. The zero-order chi connectivity index (χ0) is 17.2. The number of carbonyl (C=O) groups excluding carboxylic acids is 2. The molecular weight excluding hydrogens is 301 g/mol. The van der Waals surface area contributed by atoms with Crippen LogP contribution < -0.4 is 4.74 Å². The number of ketones is 1. The van der Waals surface area contributed by atoms with Crippen molar-refractivity contribution in [2.75, 3.05) is 20.2 Å². The number of likely N-dealkylation sites (tertiary alicyclic amines) is 1. The average Bonchev–Trinajstić information content (AvgIpc) is 2.45. The van der Waals surface area contributed by atoms with Gasteiger partial charge in [-0.05, 0) is 44.9 Å². The minimum Gasteiger partial charge on any atom is -0.494 e. The predicted molar refractivity (Wildman–Crippen MR) is 83.1 cm³/mol. The van der Waals surface area contributed by atoms with E-state index in [2.05, 4.69) is 0 Å². The largest absolute Gasteiger partial charge is 0.494 e. The monoisotopic (exact) mass is 323 g/mol. The van der Waals surface area contributed by atoms with Crippen LogP contribution in [-0.2, 0) is 9.53 Å². The van der Waals surface area contributed by atoms with Crippen molar-refractivity contribution >= 4 is 11.9 Å². The molecule has 1 heterocycles. The number of Topliss-reactive ketones (excluding diaryl/α,β-unsaturated/α-hetero) is 1. The predicted octanol–water partition coefficient (Wildman–Crippen LogP) is 3.13. The van der Waals surface area contributed by atoms with E-state index in [0.717, 1.165) is 0 Å². The number of halogens is 1.